The van der Waals surface area contributed by atoms with Crippen LogP contribution in [0.3, 0.4) is 0 Å². The second-order valence-corrected chi connectivity index (χ2v) is 11.9. The number of sulfonamides is 1. The Morgan fingerprint density at radius 2 is 1.78 bits per heavy atom. The number of hydrogen-bond acceptors (Lipinski definition) is 4. The third-order valence-electron chi connectivity index (χ3n) is 5.98. The Labute approximate surface area is 231 Å². The van der Waals surface area contributed by atoms with Crippen molar-refractivity contribution in [2.24, 2.45) is 0 Å². The number of nitrogens with one attached hydrogen (secondary N) is 1. The van der Waals surface area contributed by atoms with Crippen LogP contribution in [-0.2, 0) is 26.2 Å². The molecule has 2 amide bonds. The lowest BCUT2D eigenvalue weighted by atomic mass is 10.1. The molecule has 0 heterocycles. The molecule has 0 saturated heterocycles. The van der Waals surface area contributed by atoms with Crippen LogP contribution < -0.4 is 9.62 Å². The summed E-state index contributed by atoms with van der Waals surface area (Å²) in [6.45, 7) is 6.80. The molecule has 10 heteroatoms. The fraction of sp³-hybridized carbons (Fsp3) is 0.481. The summed E-state index contributed by atoms with van der Waals surface area (Å²) in [4.78, 5) is 28.1. The van der Waals surface area contributed by atoms with Crippen molar-refractivity contribution in [2.75, 3.05) is 23.7 Å². The van der Waals surface area contributed by atoms with E-state index in [4.69, 9.17) is 23.2 Å². The third kappa shape index (κ3) is 9.51. The lowest BCUT2D eigenvalue weighted by molar-refractivity contribution is -0.141. The van der Waals surface area contributed by atoms with Crippen molar-refractivity contribution in [3.8, 4) is 0 Å². The predicted octanol–water partition coefficient (Wildman–Crippen LogP) is 5.57. The summed E-state index contributed by atoms with van der Waals surface area (Å²) in [6.07, 6.45) is 3.67. The van der Waals surface area contributed by atoms with Crippen molar-refractivity contribution in [3.05, 3.63) is 63.6 Å². The Morgan fingerprint density at radius 1 is 1.05 bits per heavy atom. The van der Waals surface area contributed by atoms with Gasteiger partial charge in [-0.15, -0.1) is 0 Å². The zero-order chi connectivity index (χ0) is 27.6. The number of hydrogen-bond donors (Lipinski definition) is 1. The van der Waals surface area contributed by atoms with Gasteiger partial charge >= 0.3 is 0 Å². The number of benzene rings is 2. The second-order valence-electron chi connectivity index (χ2n) is 9.11. The minimum atomic E-state index is -3.67. The molecular formula is C27H37Cl2N3O4S. The minimum absolute atomic E-state index is 0.0441. The molecule has 7 nitrogen and oxygen atoms in total. The van der Waals surface area contributed by atoms with E-state index in [0.717, 1.165) is 34.5 Å². The molecule has 37 heavy (non-hydrogen) atoms. The fourth-order valence-corrected chi connectivity index (χ4v) is 5.50. The van der Waals surface area contributed by atoms with Crippen molar-refractivity contribution in [3.63, 3.8) is 0 Å². The lowest BCUT2D eigenvalue weighted by Crippen LogP contribution is -2.49. The van der Waals surface area contributed by atoms with Gasteiger partial charge < -0.3 is 10.2 Å². The summed E-state index contributed by atoms with van der Waals surface area (Å²) >= 11 is 12.3. The van der Waals surface area contributed by atoms with E-state index in [1.807, 2.05) is 45.0 Å². The molecule has 1 N–H and O–H groups in total. The number of aryl methyl sites for hydroxylation is 1. The fourth-order valence-electron chi connectivity index (χ4n) is 4.09. The minimum Gasteiger partial charge on any atom is -0.354 e. The number of carbonyl (C=O) groups excluding carboxylic acids is 2. The highest BCUT2D eigenvalue weighted by Crippen LogP contribution is 2.31. The van der Waals surface area contributed by atoms with Crippen LogP contribution in [0.15, 0.2) is 42.5 Å². The summed E-state index contributed by atoms with van der Waals surface area (Å²) < 4.78 is 26.2. The monoisotopic (exact) mass is 569 g/mol. The topological polar surface area (TPSA) is 86.8 Å². The van der Waals surface area contributed by atoms with Gasteiger partial charge in [0.05, 0.1) is 17.0 Å². The van der Waals surface area contributed by atoms with E-state index < -0.39 is 16.1 Å². The van der Waals surface area contributed by atoms with Gasteiger partial charge in [-0.2, -0.15) is 0 Å². The highest BCUT2D eigenvalue weighted by molar-refractivity contribution is 7.92. The summed E-state index contributed by atoms with van der Waals surface area (Å²) in [5.74, 6) is -0.398. The van der Waals surface area contributed by atoms with Crippen molar-refractivity contribution < 1.29 is 18.0 Å². The zero-order valence-corrected chi connectivity index (χ0v) is 24.3. The number of nitrogens with zero attached hydrogens (tertiary/aromatic N) is 2. The molecule has 0 aromatic heterocycles. The predicted molar refractivity (Wildman–Crippen MR) is 152 cm³/mol. The maximum atomic E-state index is 13.5. The van der Waals surface area contributed by atoms with Gasteiger partial charge in [0, 0.05) is 31.1 Å². The quantitative estimate of drug-likeness (QED) is 0.301. The standard InChI is InChI=1S/C27H37Cl2N3O4S/c1-5-7-15-30-27(34)24(6-2)31(19-21-11-8-10-20(3)17-21)26(33)12-9-16-32(37(4,35)36)25-18-22(28)13-14-23(25)29/h8,10-11,13-14,17-18,24H,5-7,9,12,15-16,19H2,1-4H3,(H,30,34)/t24-/m1/s1. The SMILES string of the molecule is CCCCNC(=O)[C@@H](CC)N(Cc1cccc(C)c1)C(=O)CCCN(c1cc(Cl)ccc1Cl)S(C)(=O)=O. The average molecular weight is 571 g/mol. The van der Waals surface area contributed by atoms with Crippen LogP contribution >= 0.6 is 23.2 Å². The van der Waals surface area contributed by atoms with E-state index in [0.29, 0.717) is 18.0 Å². The van der Waals surface area contributed by atoms with Gasteiger partial charge in [0.25, 0.3) is 0 Å². The molecule has 0 spiro atoms. The van der Waals surface area contributed by atoms with Crippen molar-refractivity contribution >= 4 is 50.7 Å². The Kier molecular flexibility index (Phi) is 12.2. The molecule has 2 aromatic carbocycles. The van der Waals surface area contributed by atoms with Crippen molar-refractivity contribution in [1.29, 1.82) is 0 Å². The number of carbonyl (C=O) groups is 2. The van der Waals surface area contributed by atoms with Crippen molar-refractivity contribution in [2.45, 2.75) is 65.5 Å². The van der Waals surface area contributed by atoms with E-state index in [2.05, 4.69) is 5.32 Å². The largest absolute Gasteiger partial charge is 0.354 e. The number of halogens is 2. The molecule has 204 valence electrons. The van der Waals surface area contributed by atoms with E-state index in [1.165, 1.54) is 12.1 Å². The third-order valence-corrected chi connectivity index (χ3v) is 7.71. The Bertz CT molecular complexity index is 1170. The molecule has 0 aliphatic heterocycles. The van der Waals surface area contributed by atoms with Gasteiger partial charge in [0.1, 0.15) is 6.04 Å². The molecule has 2 aromatic rings. The molecule has 0 radical (unpaired) electrons. The normalized spacial score (nSPS) is 12.2. The average Bonchev–Trinajstić information content (AvgIpc) is 2.82. The summed E-state index contributed by atoms with van der Waals surface area (Å²) in [6, 6.07) is 11.8. The first-order valence-corrected chi connectivity index (χ1v) is 15.1. The molecule has 1 atom stereocenters. The Balaban J connectivity index is 2.23. The molecule has 0 aliphatic carbocycles. The number of unbranched alkanes of at least 4 members (excludes halogenated alkanes) is 1. The summed E-state index contributed by atoms with van der Waals surface area (Å²) in [5, 5.41) is 3.55. The first-order valence-electron chi connectivity index (χ1n) is 12.5. The highest BCUT2D eigenvalue weighted by atomic mass is 35.5. The van der Waals surface area contributed by atoms with Gasteiger partial charge in [-0.3, -0.25) is 13.9 Å². The molecule has 0 fully saturated rings. The van der Waals surface area contributed by atoms with Crippen LogP contribution in [0.25, 0.3) is 0 Å². The second kappa shape index (κ2) is 14.6. The Morgan fingerprint density at radius 3 is 2.41 bits per heavy atom. The zero-order valence-electron chi connectivity index (χ0n) is 22.0. The smallest absolute Gasteiger partial charge is 0.242 e. The molecule has 0 unspecified atom stereocenters. The van der Waals surface area contributed by atoms with Crippen LogP contribution in [-0.4, -0.2) is 50.5 Å². The van der Waals surface area contributed by atoms with E-state index in [9.17, 15) is 18.0 Å². The van der Waals surface area contributed by atoms with Crippen LogP contribution in [0.5, 0.6) is 0 Å². The van der Waals surface area contributed by atoms with Gasteiger partial charge in [-0.05, 0) is 49.9 Å². The first kappa shape index (κ1) is 30.9. The van der Waals surface area contributed by atoms with E-state index in [-0.39, 0.29) is 48.5 Å². The van der Waals surface area contributed by atoms with Crippen LogP contribution in [0, 0.1) is 6.92 Å². The molecule has 2 rings (SSSR count). The van der Waals surface area contributed by atoms with E-state index in [1.54, 1.807) is 11.0 Å². The van der Waals surface area contributed by atoms with Crippen molar-refractivity contribution in [1.82, 2.24) is 10.2 Å². The molecule has 0 saturated carbocycles. The van der Waals surface area contributed by atoms with Crippen LogP contribution in [0.1, 0.15) is 57.1 Å². The summed E-state index contributed by atoms with van der Waals surface area (Å²) in [5.41, 5.74) is 2.26. The molecule has 0 aliphatic rings. The Hall–Kier alpha value is -2.29. The maximum Gasteiger partial charge on any atom is 0.242 e. The first-order chi connectivity index (χ1) is 17.5. The maximum absolute atomic E-state index is 13.5. The number of amides is 2. The number of rotatable bonds is 14. The van der Waals surface area contributed by atoms with Crippen LogP contribution in [0.4, 0.5) is 5.69 Å². The molecule has 0 bridgehead atoms. The lowest BCUT2D eigenvalue weighted by Gasteiger charge is -2.31. The number of anilines is 1. The van der Waals surface area contributed by atoms with Gasteiger partial charge in [-0.25, -0.2) is 8.42 Å². The van der Waals surface area contributed by atoms with E-state index >= 15 is 0 Å². The van der Waals surface area contributed by atoms with Gasteiger partial charge in [0.15, 0.2) is 0 Å². The molecular weight excluding hydrogens is 533 g/mol. The van der Waals surface area contributed by atoms with Crippen LogP contribution in [0.2, 0.25) is 10.0 Å². The summed E-state index contributed by atoms with van der Waals surface area (Å²) in [7, 11) is -3.67. The van der Waals surface area contributed by atoms with Gasteiger partial charge in [0.2, 0.25) is 21.8 Å². The highest BCUT2D eigenvalue weighted by Gasteiger charge is 2.29. The van der Waals surface area contributed by atoms with Gasteiger partial charge in [-0.1, -0.05) is 73.3 Å².